The summed E-state index contributed by atoms with van der Waals surface area (Å²) in [6.45, 7) is 17.5. The molecule has 1 atom stereocenters. The lowest BCUT2D eigenvalue weighted by Crippen LogP contribution is -2.26. The van der Waals surface area contributed by atoms with E-state index >= 15 is 0 Å². The maximum Gasteiger partial charge on any atom is 0.127 e. The molecule has 0 amide bonds. The SMILES string of the molecule is CCC(CC)(Pc1ccc(C)cc1CNC)c1cc(C)cc(C(C)(C)C)c1OCc1ccccc1. The van der Waals surface area contributed by atoms with E-state index in [1.165, 1.54) is 38.7 Å². The van der Waals surface area contributed by atoms with Crippen molar-refractivity contribution in [2.24, 2.45) is 0 Å². The van der Waals surface area contributed by atoms with Crippen LogP contribution in [0.3, 0.4) is 0 Å². The quantitative estimate of drug-likeness (QED) is 0.292. The molecule has 1 N–H and O–H groups in total. The standard InChI is InChI=1S/C32H44NOP/c1-9-32(10-2,35-29-17-16-23(3)18-26(29)21-33-8)28-20-24(4)19-27(31(5,6)7)30(28)34-22-25-14-12-11-13-15-25/h11-20,33,35H,9-10,21-22H2,1-8H3. The normalized spacial score (nSPS) is 12.5. The number of ether oxygens (including phenoxy) is 1. The van der Waals surface area contributed by atoms with Crippen molar-refractivity contribution in [3.63, 3.8) is 0 Å². The molecule has 0 heterocycles. The highest BCUT2D eigenvalue weighted by Crippen LogP contribution is 2.52. The van der Waals surface area contributed by atoms with Gasteiger partial charge in [0.25, 0.3) is 0 Å². The Morgan fingerprint density at radius 2 is 1.49 bits per heavy atom. The van der Waals surface area contributed by atoms with E-state index < -0.39 is 0 Å². The van der Waals surface area contributed by atoms with Crippen molar-refractivity contribution in [3.8, 4) is 5.75 Å². The second kappa shape index (κ2) is 11.7. The molecule has 3 heteroatoms. The van der Waals surface area contributed by atoms with Gasteiger partial charge >= 0.3 is 0 Å². The van der Waals surface area contributed by atoms with Gasteiger partial charge in [-0.05, 0) is 55.6 Å². The van der Waals surface area contributed by atoms with Crippen molar-refractivity contribution in [2.75, 3.05) is 7.05 Å². The molecule has 3 aromatic carbocycles. The number of rotatable bonds is 10. The summed E-state index contributed by atoms with van der Waals surface area (Å²) in [6, 6.07) is 22.2. The van der Waals surface area contributed by atoms with Crippen LogP contribution < -0.4 is 15.4 Å². The van der Waals surface area contributed by atoms with E-state index in [0.29, 0.717) is 15.2 Å². The van der Waals surface area contributed by atoms with Crippen LogP contribution in [0.2, 0.25) is 0 Å². The molecule has 1 unspecified atom stereocenters. The van der Waals surface area contributed by atoms with Crippen LogP contribution >= 0.6 is 8.58 Å². The van der Waals surface area contributed by atoms with Crippen molar-refractivity contribution in [2.45, 2.75) is 85.0 Å². The fraction of sp³-hybridized carbons (Fsp3) is 0.438. The van der Waals surface area contributed by atoms with Crippen LogP contribution in [0.15, 0.2) is 60.7 Å². The summed E-state index contributed by atoms with van der Waals surface area (Å²) in [5, 5.41) is 4.86. The van der Waals surface area contributed by atoms with Gasteiger partial charge in [0.15, 0.2) is 0 Å². The lowest BCUT2D eigenvalue weighted by Gasteiger charge is -2.37. The first-order valence-electron chi connectivity index (χ1n) is 13.0. The van der Waals surface area contributed by atoms with Gasteiger partial charge in [-0.2, -0.15) is 0 Å². The van der Waals surface area contributed by atoms with Gasteiger partial charge in [-0.3, -0.25) is 0 Å². The molecule has 0 radical (unpaired) electrons. The summed E-state index contributed by atoms with van der Waals surface area (Å²) in [5.41, 5.74) is 7.91. The van der Waals surface area contributed by atoms with Crippen LogP contribution in [0.1, 0.15) is 80.8 Å². The molecular formula is C32H44NOP. The molecule has 0 aliphatic heterocycles. The number of nitrogens with one attached hydrogen (secondary N) is 1. The molecule has 0 saturated carbocycles. The monoisotopic (exact) mass is 489 g/mol. The first-order chi connectivity index (χ1) is 16.6. The van der Waals surface area contributed by atoms with Crippen molar-refractivity contribution in [1.29, 1.82) is 0 Å². The zero-order chi connectivity index (χ0) is 25.6. The molecule has 2 nitrogen and oxygen atoms in total. The average Bonchev–Trinajstić information content (AvgIpc) is 2.83. The van der Waals surface area contributed by atoms with Gasteiger partial charge in [0.1, 0.15) is 12.4 Å². The molecular weight excluding hydrogens is 445 g/mol. The van der Waals surface area contributed by atoms with Gasteiger partial charge in [-0.15, -0.1) is 0 Å². The molecule has 35 heavy (non-hydrogen) atoms. The van der Waals surface area contributed by atoms with Gasteiger partial charge in [0.2, 0.25) is 0 Å². The third kappa shape index (κ3) is 6.54. The Morgan fingerprint density at radius 3 is 2.09 bits per heavy atom. The number of hydrogen-bond donors (Lipinski definition) is 1. The van der Waals surface area contributed by atoms with E-state index in [-0.39, 0.29) is 10.6 Å². The maximum absolute atomic E-state index is 6.77. The van der Waals surface area contributed by atoms with E-state index in [2.05, 4.69) is 114 Å². The van der Waals surface area contributed by atoms with Crippen molar-refractivity contribution in [3.05, 3.63) is 94.0 Å². The Labute approximate surface area is 215 Å². The Balaban J connectivity index is 2.17. The molecule has 0 spiro atoms. The van der Waals surface area contributed by atoms with Gasteiger partial charge in [-0.1, -0.05) is 115 Å². The average molecular weight is 490 g/mol. The summed E-state index contributed by atoms with van der Waals surface area (Å²) in [4.78, 5) is 0. The topological polar surface area (TPSA) is 21.3 Å². The Hall–Kier alpha value is -2.15. The first kappa shape index (κ1) is 27.4. The minimum absolute atomic E-state index is 0.00965. The predicted molar refractivity (Wildman–Crippen MR) is 155 cm³/mol. The Morgan fingerprint density at radius 1 is 0.829 bits per heavy atom. The highest BCUT2D eigenvalue weighted by molar-refractivity contribution is 7.48. The molecule has 0 aliphatic rings. The van der Waals surface area contributed by atoms with Gasteiger partial charge < -0.3 is 10.1 Å². The fourth-order valence-corrected chi connectivity index (χ4v) is 6.56. The van der Waals surface area contributed by atoms with Crippen LogP contribution in [0.4, 0.5) is 0 Å². The summed E-state index contributed by atoms with van der Waals surface area (Å²) in [7, 11) is 2.71. The van der Waals surface area contributed by atoms with Crippen molar-refractivity contribution in [1.82, 2.24) is 5.32 Å². The summed E-state index contributed by atoms with van der Waals surface area (Å²) < 4.78 is 6.77. The van der Waals surface area contributed by atoms with Crippen molar-refractivity contribution < 1.29 is 4.74 Å². The van der Waals surface area contributed by atoms with Crippen LogP contribution in [0.5, 0.6) is 5.75 Å². The summed E-state index contributed by atoms with van der Waals surface area (Å²) in [6.07, 6.45) is 2.15. The smallest absolute Gasteiger partial charge is 0.127 e. The van der Waals surface area contributed by atoms with E-state index in [4.69, 9.17) is 4.74 Å². The summed E-state index contributed by atoms with van der Waals surface area (Å²) in [5.74, 6) is 1.09. The number of hydrogen-bond acceptors (Lipinski definition) is 2. The second-order valence-electron chi connectivity index (χ2n) is 10.8. The van der Waals surface area contributed by atoms with E-state index in [9.17, 15) is 0 Å². The Kier molecular flexibility index (Phi) is 9.19. The molecule has 0 aliphatic carbocycles. The maximum atomic E-state index is 6.77. The van der Waals surface area contributed by atoms with E-state index in [1.807, 2.05) is 7.05 Å². The molecule has 0 saturated heterocycles. The van der Waals surface area contributed by atoms with Gasteiger partial charge in [0.05, 0.1) is 0 Å². The largest absolute Gasteiger partial charge is 0.488 e. The minimum Gasteiger partial charge on any atom is -0.488 e. The van der Waals surface area contributed by atoms with Crippen LogP contribution in [-0.2, 0) is 23.7 Å². The van der Waals surface area contributed by atoms with Crippen LogP contribution in [0.25, 0.3) is 0 Å². The van der Waals surface area contributed by atoms with Crippen LogP contribution in [0, 0.1) is 13.8 Å². The summed E-state index contributed by atoms with van der Waals surface area (Å²) >= 11 is 0. The second-order valence-corrected chi connectivity index (χ2v) is 12.6. The van der Waals surface area contributed by atoms with Crippen molar-refractivity contribution >= 4 is 13.9 Å². The minimum atomic E-state index is -0.00965. The predicted octanol–water partition coefficient (Wildman–Crippen LogP) is 7.92. The van der Waals surface area contributed by atoms with Crippen LogP contribution in [-0.4, -0.2) is 7.05 Å². The molecule has 0 bridgehead atoms. The third-order valence-electron chi connectivity index (χ3n) is 6.99. The lowest BCUT2D eigenvalue weighted by molar-refractivity contribution is 0.289. The molecule has 188 valence electrons. The highest BCUT2D eigenvalue weighted by Gasteiger charge is 2.35. The fourth-order valence-electron chi connectivity index (χ4n) is 4.88. The first-order valence-corrected chi connectivity index (χ1v) is 14.0. The molecule has 3 rings (SSSR count). The third-order valence-corrected chi connectivity index (χ3v) is 9.20. The Bertz CT molecular complexity index is 1110. The molecule has 0 aromatic heterocycles. The van der Waals surface area contributed by atoms with Gasteiger partial charge in [0, 0.05) is 22.8 Å². The highest BCUT2D eigenvalue weighted by atomic mass is 31.1. The lowest BCUT2D eigenvalue weighted by atomic mass is 9.80. The van der Waals surface area contributed by atoms with E-state index in [1.54, 1.807) is 0 Å². The molecule has 0 fully saturated rings. The zero-order valence-corrected chi connectivity index (χ0v) is 24.0. The number of aryl methyl sites for hydroxylation is 2. The number of benzene rings is 3. The zero-order valence-electron chi connectivity index (χ0n) is 23.0. The van der Waals surface area contributed by atoms with Gasteiger partial charge in [-0.25, -0.2) is 0 Å². The van der Waals surface area contributed by atoms with E-state index in [0.717, 1.165) is 25.1 Å². The molecule has 3 aromatic rings.